The van der Waals surface area contributed by atoms with Gasteiger partial charge in [-0.05, 0) is 32.7 Å². The van der Waals surface area contributed by atoms with E-state index in [0.717, 1.165) is 30.0 Å². The second-order valence-electron chi connectivity index (χ2n) is 6.22. The van der Waals surface area contributed by atoms with E-state index in [1.807, 2.05) is 13.3 Å². The lowest BCUT2D eigenvalue weighted by Crippen LogP contribution is -2.67. The van der Waals surface area contributed by atoms with Gasteiger partial charge in [0.15, 0.2) is 11.4 Å². The second-order valence-corrected chi connectivity index (χ2v) is 6.22. The van der Waals surface area contributed by atoms with Gasteiger partial charge >= 0.3 is 0 Å². The molecule has 0 spiro atoms. The van der Waals surface area contributed by atoms with Gasteiger partial charge in [0, 0.05) is 18.7 Å². The fourth-order valence-corrected chi connectivity index (χ4v) is 2.94. The first-order chi connectivity index (χ1) is 9.59. The Hall–Kier alpha value is -1.82. The molecule has 4 rings (SSSR count). The first-order valence-electron chi connectivity index (χ1n) is 7.08. The zero-order chi connectivity index (χ0) is 13.9. The predicted molar refractivity (Wildman–Crippen MR) is 77.9 cm³/mol. The molecule has 0 atom stereocenters. The minimum atomic E-state index is 0.137. The van der Waals surface area contributed by atoms with Crippen LogP contribution in [0.15, 0.2) is 10.7 Å². The van der Waals surface area contributed by atoms with Crippen LogP contribution < -0.4 is 16.0 Å². The maximum absolute atomic E-state index is 5.88. The van der Waals surface area contributed by atoms with Crippen LogP contribution in [0.5, 0.6) is 0 Å². The van der Waals surface area contributed by atoms with E-state index >= 15 is 0 Å². The Balaban J connectivity index is 1.76. The molecule has 1 aliphatic heterocycles. The first-order valence-corrected chi connectivity index (χ1v) is 7.08. The molecule has 0 unspecified atom stereocenters. The van der Waals surface area contributed by atoms with Crippen molar-refractivity contribution >= 4 is 22.9 Å². The molecule has 1 saturated heterocycles. The van der Waals surface area contributed by atoms with Crippen molar-refractivity contribution in [3.8, 4) is 0 Å². The van der Waals surface area contributed by atoms with Gasteiger partial charge in [0.1, 0.15) is 5.52 Å². The number of nitrogen functional groups attached to an aromatic ring is 1. The first kappa shape index (κ1) is 12.0. The Morgan fingerprint density at radius 2 is 2.15 bits per heavy atom. The van der Waals surface area contributed by atoms with Gasteiger partial charge in [-0.25, -0.2) is 4.98 Å². The monoisotopic (exact) mass is 273 g/mol. The van der Waals surface area contributed by atoms with Crippen LogP contribution in [-0.2, 0) is 0 Å². The number of nitrogens with one attached hydrogen (secondary N) is 1. The molecular formula is C14H19N5O. The highest BCUT2D eigenvalue weighted by Crippen LogP contribution is 2.45. The molecule has 3 N–H and O–H groups in total. The zero-order valence-corrected chi connectivity index (χ0v) is 11.8. The zero-order valence-electron chi connectivity index (χ0n) is 11.8. The highest BCUT2D eigenvalue weighted by atomic mass is 16.3. The topological polar surface area (TPSA) is 80.2 Å². The fraction of sp³-hybridized carbons (Fsp3) is 0.571. The minimum absolute atomic E-state index is 0.137. The number of rotatable bonds is 3. The fourth-order valence-electron chi connectivity index (χ4n) is 2.94. The number of hydrogen-bond acceptors (Lipinski definition) is 6. The van der Waals surface area contributed by atoms with Crippen molar-refractivity contribution in [3.63, 3.8) is 0 Å². The molecule has 2 fully saturated rings. The predicted octanol–water partition coefficient (Wildman–Crippen LogP) is 1.48. The van der Waals surface area contributed by atoms with E-state index in [-0.39, 0.29) is 5.54 Å². The van der Waals surface area contributed by atoms with Crippen LogP contribution in [0.25, 0.3) is 11.1 Å². The van der Waals surface area contributed by atoms with Gasteiger partial charge in [-0.2, -0.15) is 4.98 Å². The van der Waals surface area contributed by atoms with Crippen molar-refractivity contribution in [3.05, 3.63) is 11.8 Å². The summed E-state index contributed by atoms with van der Waals surface area (Å²) in [6.45, 7) is 3.99. The normalized spacial score (nSPS) is 21.2. The van der Waals surface area contributed by atoms with Crippen LogP contribution in [-0.4, -0.2) is 35.6 Å². The Morgan fingerprint density at radius 1 is 1.40 bits per heavy atom. The highest BCUT2D eigenvalue weighted by Gasteiger charge is 2.40. The Kier molecular flexibility index (Phi) is 2.30. The standard InChI is InChI=1S/C14H19N5O/c1-14(16-2)6-19(7-14)12-11-10(17-13(15)18-12)9(5-20-11)8-3-4-8/h5,8,16H,3-4,6-7H2,1-2H3,(H2,15,17,18). The molecule has 0 aromatic carbocycles. The summed E-state index contributed by atoms with van der Waals surface area (Å²) in [5.74, 6) is 1.75. The largest absolute Gasteiger partial charge is 0.458 e. The molecule has 6 nitrogen and oxygen atoms in total. The van der Waals surface area contributed by atoms with Gasteiger partial charge in [-0.3, -0.25) is 0 Å². The number of nitrogens with zero attached hydrogens (tertiary/aromatic N) is 3. The average Bonchev–Trinajstić information content (AvgIpc) is 3.15. The van der Waals surface area contributed by atoms with E-state index in [0.29, 0.717) is 11.9 Å². The molecule has 0 radical (unpaired) electrons. The van der Waals surface area contributed by atoms with Crippen molar-refractivity contribution in [1.29, 1.82) is 0 Å². The van der Waals surface area contributed by atoms with E-state index in [9.17, 15) is 0 Å². The van der Waals surface area contributed by atoms with Crippen molar-refractivity contribution in [1.82, 2.24) is 15.3 Å². The van der Waals surface area contributed by atoms with E-state index in [1.54, 1.807) is 0 Å². The average molecular weight is 273 g/mol. The maximum atomic E-state index is 5.88. The van der Waals surface area contributed by atoms with Gasteiger partial charge in [0.2, 0.25) is 5.95 Å². The summed E-state index contributed by atoms with van der Waals surface area (Å²) in [4.78, 5) is 11.0. The van der Waals surface area contributed by atoms with Gasteiger partial charge in [0.05, 0.1) is 11.8 Å². The van der Waals surface area contributed by atoms with Crippen LogP contribution in [0.2, 0.25) is 0 Å². The SMILES string of the molecule is CNC1(C)CN(c2nc(N)nc3c(C4CC4)coc23)C1. The van der Waals surface area contributed by atoms with E-state index in [4.69, 9.17) is 10.2 Å². The molecule has 0 amide bonds. The molecule has 3 heterocycles. The molecule has 106 valence electrons. The molecule has 0 bridgehead atoms. The number of hydrogen-bond donors (Lipinski definition) is 2. The van der Waals surface area contributed by atoms with Crippen molar-refractivity contribution in [2.45, 2.75) is 31.2 Å². The van der Waals surface area contributed by atoms with Gasteiger partial charge in [-0.1, -0.05) is 0 Å². The summed E-state index contributed by atoms with van der Waals surface area (Å²) in [7, 11) is 1.99. The van der Waals surface area contributed by atoms with E-state index in [1.165, 1.54) is 18.4 Å². The summed E-state index contributed by atoms with van der Waals surface area (Å²) >= 11 is 0. The van der Waals surface area contributed by atoms with Crippen molar-refractivity contribution < 1.29 is 4.42 Å². The molecule has 2 aromatic heterocycles. The lowest BCUT2D eigenvalue weighted by molar-refractivity contribution is 0.301. The summed E-state index contributed by atoms with van der Waals surface area (Å²) in [6, 6.07) is 0. The van der Waals surface area contributed by atoms with Gasteiger partial charge in [-0.15, -0.1) is 0 Å². The van der Waals surface area contributed by atoms with E-state index in [2.05, 4.69) is 27.1 Å². The third-order valence-corrected chi connectivity index (χ3v) is 4.44. The molecule has 1 saturated carbocycles. The molecule has 6 heteroatoms. The van der Waals surface area contributed by atoms with Gasteiger partial charge < -0.3 is 20.4 Å². The molecule has 2 aromatic rings. The van der Waals surface area contributed by atoms with Crippen LogP contribution in [0.1, 0.15) is 31.2 Å². The number of fused-ring (bicyclic) bond motifs is 1. The quantitative estimate of drug-likeness (QED) is 0.881. The summed E-state index contributed by atoms with van der Waals surface area (Å²) in [6.07, 6.45) is 4.27. The minimum Gasteiger partial charge on any atom is -0.458 e. The lowest BCUT2D eigenvalue weighted by atomic mass is 9.92. The van der Waals surface area contributed by atoms with Crippen LogP contribution in [0.3, 0.4) is 0 Å². The number of aromatic nitrogens is 2. The van der Waals surface area contributed by atoms with Crippen LogP contribution >= 0.6 is 0 Å². The van der Waals surface area contributed by atoms with Gasteiger partial charge in [0.25, 0.3) is 0 Å². The Labute approximate surface area is 117 Å². The third-order valence-electron chi connectivity index (χ3n) is 4.44. The van der Waals surface area contributed by atoms with Crippen LogP contribution in [0, 0.1) is 0 Å². The molecular weight excluding hydrogens is 254 g/mol. The van der Waals surface area contributed by atoms with Crippen molar-refractivity contribution in [2.24, 2.45) is 0 Å². The summed E-state index contributed by atoms with van der Waals surface area (Å²) < 4.78 is 5.75. The van der Waals surface area contributed by atoms with Crippen LogP contribution in [0.4, 0.5) is 11.8 Å². The maximum Gasteiger partial charge on any atom is 0.222 e. The summed E-state index contributed by atoms with van der Waals surface area (Å²) in [5, 5.41) is 3.33. The molecule has 2 aliphatic rings. The number of nitrogens with two attached hydrogens (primary N) is 1. The lowest BCUT2D eigenvalue weighted by Gasteiger charge is -2.48. The number of anilines is 2. The highest BCUT2D eigenvalue weighted by molar-refractivity contribution is 5.88. The number of furan rings is 1. The van der Waals surface area contributed by atoms with E-state index < -0.39 is 0 Å². The molecule has 1 aliphatic carbocycles. The summed E-state index contributed by atoms with van der Waals surface area (Å²) in [5.41, 5.74) is 8.88. The number of likely N-dealkylation sites (N-methyl/N-ethyl adjacent to an activating group) is 1. The second kappa shape index (κ2) is 3.85. The van der Waals surface area contributed by atoms with Crippen molar-refractivity contribution in [2.75, 3.05) is 30.8 Å². The third kappa shape index (κ3) is 1.67. The Bertz CT molecular complexity index is 669. The molecule has 20 heavy (non-hydrogen) atoms. The smallest absolute Gasteiger partial charge is 0.222 e. The Morgan fingerprint density at radius 3 is 2.80 bits per heavy atom.